The van der Waals surface area contributed by atoms with Gasteiger partial charge in [-0.1, -0.05) is 48.5 Å². The Morgan fingerprint density at radius 1 is 1.00 bits per heavy atom. The number of aliphatic hydroxyl groups excluding tert-OH is 1. The van der Waals surface area contributed by atoms with Crippen LogP contribution in [0.3, 0.4) is 0 Å². The van der Waals surface area contributed by atoms with Crippen molar-refractivity contribution in [2.24, 2.45) is 0 Å². The number of rotatable bonds is 4. The molecule has 0 spiro atoms. The highest BCUT2D eigenvalue weighted by molar-refractivity contribution is 5.85. The van der Waals surface area contributed by atoms with Crippen LogP contribution in [0.25, 0.3) is 11.1 Å². The summed E-state index contributed by atoms with van der Waals surface area (Å²) in [7, 11) is 2.46. The molecule has 1 amide bonds. The predicted octanol–water partition coefficient (Wildman–Crippen LogP) is 2.36. The first kappa shape index (κ1) is 17.0. The molecule has 2 aromatic rings. The third kappa shape index (κ3) is 2.74. The van der Waals surface area contributed by atoms with Gasteiger partial charge in [0.1, 0.15) is 0 Å². The summed E-state index contributed by atoms with van der Waals surface area (Å²) in [6.07, 6.45) is -0.707. The molecule has 0 aromatic heterocycles. The van der Waals surface area contributed by atoms with Crippen LogP contribution in [0.4, 0.5) is 4.79 Å². The molecular weight excluding hydrogens is 322 g/mol. The SMILES string of the molecule is COC(=O)C(CO)N(C(=O)OC)C1c2ccccc2-c2ccccc21. The van der Waals surface area contributed by atoms with Gasteiger partial charge in [-0.15, -0.1) is 0 Å². The molecule has 1 N–H and O–H groups in total. The largest absolute Gasteiger partial charge is 0.467 e. The molecule has 1 atom stereocenters. The lowest BCUT2D eigenvalue weighted by molar-refractivity contribution is -0.148. The van der Waals surface area contributed by atoms with E-state index in [0.717, 1.165) is 22.3 Å². The van der Waals surface area contributed by atoms with Crippen LogP contribution in [0.5, 0.6) is 0 Å². The maximum atomic E-state index is 12.5. The number of carbonyl (C=O) groups is 2. The zero-order valence-corrected chi connectivity index (χ0v) is 14.0. The van der Waals surface area contributed by atoms with Crippen LogP contribution in [0.1, 0.15) is 17.2 Å². The first-order valence-electron chi connectivity index (χ1n) is 7.87. The molecule has 0 fully saturated rings. The second-order valence-corrected chi connectivity index (χ2v) is 5.68. The van der Waals surface area contributed by atoms with Crippen LogP contribution in [0, 0.1) is 0 Å². The third-order valence-corrected chi connectivity index (χ3v) is 4.45. The second-order valence-electron chi connectivity index (χ2n) is 5.68. The zero-order chi connectivity index (χ0) is 18.0. The van der Waals surface area contributed by atoms with Gasteiger partial charge >= 0.3 is 12.1 Å². The van der Waals surface area contributed by atoms with Crippen molar-refractivity contribution in [1.29, 1.82) is 0 Å². The third-order valence-electron chi connectivity index (χ3n) is 4.45. The van der Waals surface area contributed by atoms with Crippen LogP contribution in [0.2, 0.25) is 0 Å². The van der Waals surface area contributed by atoms with Crippen LogP contribution in [0.15, 0.2) is 48.5 Å². The Morgan fingerprint density at radius 3 is 1.96 bits per heavy atom. The minimum absolute atomic E-state index is 0.545. The molecule has 1 aliphatic carbocycles. The van der Waals surface area contributed by atoms with E-state index in [2.05, 4.69) is 0 Å². The Hall–Kier alpha value is -2.86. The average Bonchev–Trinajstić information content (AvgIpc) is 2.99. The van der Waals surface area contributed by atoms with E-state index in [1.54, 1.807) is 0 Å². The summed E-state index contributed by atoms with van der Waals surface area (Å²) in [5.41, 5.74) is 3.71. The van der Waals surface area contributed by atoms with Crippen molar-refractivity contribution in [2.75, 3.05) is 20.8 Å². The quantitative estimate of drug-likeness (QED) is 0.864. The molecule has 130 valence electrons. The number of fused-ring (bicyclic) bond motifs is 3. The van der Waals surface area contributed by atoms with Crippen molar-refractivity contribution >= 4 is 12.1 Å². The number of ether oxygens (including phenoxy) is 2. The van der Waals surface area contributed by atoms with Crippen molar-refractivity contribution in [2.45, 2.75) is 12.1 Å². The molecule has 6 nitrogen and oxygen atoms in total. The number of carbonyl (C=O) groups excluding carboxylic acids is 2. The van der Waals surface area contributed by atoms with E-state index in [1.807, 2.05) is 48.5 Å². The van der Waals surface area contributed by atoms with Gasteiger partial charge in [0.25, 0.3) is 0 Å². The minimum Gasteiger partial charge on any atom is -0.467 e. The topological polar surface area (TPSA) is 76.1 Å². The van der Waals surface area contributed by atoms with Gasteiger partial charge in [0.05, 0.1) is 26.9 Å². The normalized spacial score (nSPS) is 13.6. The summed E-state index contributed by atoms with van der Waals surface area (Å²) in [5.74, 6) is -0.699. The van der Waals surface area contributed by atoms with Crippen LogP contribution in [-0.2, 0) is 14.3 Å². The summed E-state index contributed by atoms with van der Waals surface area (Å²) in [5, 5.41) is 9.75. The van der Waals surface area contributed by atoms with Gasteiger partial charge in [0, 0.05) is 0 Å². The molecule has 1 unspecified atom stereocenters. The molecule has 0 radical (unpaired) electrons. The molecule has 3 rings (SSSR count). The fourth-order valence-electron chi connectivity index (χ4n) is 3.36. The lowest BCUT2D eigenvalue weighted by atomic mass is 10.0. The van der Waals surface area contributed by atoms with Crippen molar-refractivity contribution in [1.82, 2.24) is 4.90 Å². The number of methoxy groups -OCH3 is 2. The first-order chi connectivity index (χ1) is 12.1. The Bertz CT molecular complexity index is 758. The number of hydrogen-bond acceptors (Lipinski definition) is 5. The number of amides is 1. The highest BCUT2D eigenvalue weighted by Gasteiger charge is 2.42. The van der Waals surface area contributed by atoms with Crippen molar-refractivity contribution < 1.29 is 24.2 Å². The molecule has 25 heavy (non-hydrogen) atoms. The summed E-state index contributed by atoms with van der Waals surface area (Å²) in [6, 6.07) is 13.6. The van der Waals surface area contributed by atoms with Crippen molar-refractivity contribution in [3.05, 3.63) is 59.7 Å². The van der Waals surface area contributed by atoms with Gasteiger partial charge in [-0.3, -0.25) is 4.90 Å². The van der Waals surface area contributed by atoms with Gasteiger partial charge in [-0.05, 0) is 22.3 Å². The molecule has 0 saturated carbocycles. The molecule has 0 bridgehead atoms. The van der Waals surface area contributed by atoms with E-state index >= 15 is 0 Å². The highest BCUT2D eigenvalue weighted by Crippen LogP contribution is 2.47. The Kier molecular flexibility index (Phi) is 4.72. The first-order valence-corrected chi connectivity index (χ1v) is 7.87. The van der Waals surface area contributed by atoms with E-state index < -0.39 is 30.8 Å². The van der Waals surface area contributed by atoms with Gasteiger partial charge in [0.15, 0.2) is 6.04 Å². The zero-order valence-electron chi connectivity index (χ0n) is 14.0. The van der Waals surface area contributed by atoms with Gasteiger partial charge in [0.2, 0.25) is 0 Å². The van der Waals surface area contributed by atoms with E-state index in [-0.39, 0.29) is 0 Å². The van der Waals surface area contributed by atoms with E-state index in [9.17, 15) is 14.7 Å². The lowest BCUT2D eigenvalue weighted by Gasteiger charge is -2.33. The fraction of sp³-hybridized carbons (Fsp3) is 0.263. The molecule has 6 heteroatoms. The molecule has 0 heterocycles. The number of esters is 1. The minimum atomic E-state index is -1.17. The summed E-state index contributed by atoms with van der Waals surface area (Å²) >= 11 is 0. The Labute approximate surface area is 145 Å². The molecule has 1 aliphatic rings. The monoisotopic (exact) mass is 341 g/mol. The van der Waals surface area contributed by atoms with Crippen molar-refractivity contribution in [3.63, 3.8) is 0 Å². The van der Waals surface area contributed by atoms with E-state index in [0.29, 0.717) is 0 Å². The van der Waals surface area contributed by atoms with E-state index in [4.69, 9.17) is 9.47 Å². The number of benzene rings is 2. The summed E-state index contributed by atoms with van der Waals surface area (Å²) in [4.78, 5) is 25.9. The maximum absolute atomic E-state index is 12.5. The fourth-order valence-corrected chi connectivity index (χ4v) is 3.36. The Morgan fingerprint density at radius 2 is 1.52 bits per heavy atom. The van der Waals surface area contributed by atoms with Crippen LogP contribution in [-0.4, -0.2) is 48.9 Å². The van der Waals surface area contributed by atoms with Gasteiger partial charge in [-0.25, -0.2) is 9.59 Å². The van der Waals surface area contributed by atoms with E-state index in [1.165, 1.54) is 19.1 Å². The molecular formula is C19H19NO5. The standard InChI is InChI=1S/C19H19NO5/c1-24-18(22)16(11-21)20(19(23)25-2)17-14-9-5-3-7-12(14)13-8-4-6-10-15(13)17/h3-10,16-17,21H,11H2,1-2H3. The summed E-state index contributed by atoms with van der Waals surface area (Å²) in [6.45, 7) is -0.567. The molecule has 2 aromatic carbocycles. The van der Waals surface area contributed by atoms with Crippen LogP contribution < -0.4 is 0 Å². The number of aliphatic hydroxyl groups is 1. The Balaban J connectivity index is 2.19. The van der Waals surface area contributed by atoms with Gasteiger partial charge in [-0.2, -0.15) is 0 Å². The highest BCUT2D eigenvalue weighted by atomic mass is 16.5. The predicted molar refractivity (Wildman–Crippen MR) is 90.9 cm³/mol. The van der Waals surface area contributed by atoms with Crippen molar-refractivity contribution in [3.8, 4) is 11.1 Å². The molecule has 0 saturated heterocycles. The molecule has 0 aliphatic heterocycles. The number of nitrogens with zero attached hydrogens (tertiary/aromatic N) is 1. The number of hydrogen-bond donors (Lipinski definition) is 1. The smallest absolute Gasteiger partial charge is 0.411 e. The second kappa shape index (κ2) is 6.94. The summed E-state index contributed by atoms with van der Waals surface area (Å²) < 4.78 is 9.67. The van der Waals surface area contributed by atoms with Crippen LogP contribution >= 0.6 is 0 Å². The lowest BCUT2D eigenvalue weighted by Crippen LogP contribution is -2.49. The average molecular weight is 341 g/mol. The maximum Gasteiger partial charge on any atom is 0.411 e. The van der Waals surface area contributed by atoms with Gasteiger partial charge < -0.3 is 14.6 Å².